The maximum absolute atomic E-state index is 13.1. The molecule has 3 rings (SSSR count). The van der Waals surface area contributed by atoms with E-state index in [9.17, 15) is 14.7 Å². The molecule has 1 amide bonds. The number of Topliss-reactive ketones (excluding diaryl/α,β-unsaturated/α-hetero) is 1. The van der Waals surface area contributed by atoms with Gasteiger partial charge in [0, 0.05) is 29.4 Å². The van der Waals surface area contributed by atoms with Crippen molar-refractivity contribution in [2.75, 3.05) is 11.9 Å². The number of carbonyl (C=O) groups is 2. The van der Waals surface area contributed by atoms with E-state index in [2.05, 4.69) is 6.58 Å². The van der Waals surface area contributed by atoms with E-state index in [0.29, 0.717) is 22.4 Å². The Kier molecular flexibility index (Phi) is 4.82. The minimum atomic E-state index is -0.187. The number of fused-ring (bicyclic) bond motifs is 1. The first kappa shape index (κ1) is 18.4. The first-order valence-corrected chi connectivity index (χ1v) is 8.60. The molecule has 0 fully saturated rings. The second-order valence-corrected chi connectivity index (χ2v) is 6.59. The van der Waals surface area contributed by atoms with Crippen LogP contribution in [0.3, 0.4) is 0 Å². The third-order valence-electron chi connectivity index (χ3n) is 4.78. The van der Waals surface area contributed by atoms with Gasteiger partial charge in [0.05, 0.1) is 0 Å². The number of ketones is 1. The quantitative estimate of drug-likeness (QED) is 0.517. The monoisotopic (exact) mass is 359 g/mol. The van der Waals surface area contributed by atoms with Crippen LogP contribution < -0.4 is 4.90 Å². The maximum atomic E-state index is 13.1. The zero-order valence-electron chi connectivity index (χ0n) is 15.6. The van der Waals surface area contributed by atoms with Gasteiger partial charge in [0.1, 0.15) is 5.76 Å². The number of aliphatic hydroxyl groups excluding tert-OH is 1. The number of aryl methyl sites for hydroxylation is 1. The second-order valence-electron chi connectivity index (χ2n) is 6.59. The van der Waals surface area contributed by atoms with Crippen molar-refractivity contribution in [3.8, 4) is 0 Å². The SMILES string of the molecule is C=C(O)c1cc(C(C)=O)cc(N(C)C(=O)c2ccc3ccccc3c2C)c1. The van der Waals surface area contributed by atoms with Crippen LogP contribution in [0.25, 0.3) is 16.5 Å². The molecular formula is C23H21NO3. The van der Waals surface area contributed by atoms with E-state index >= 15 is 0 Å². The first-order chi connectivity index (χ1) is 12.8. The van der Waals surface area contributed by atoms with Crippen molar-refractivity contribution in [3.63, 3.8) is 0 Å². The molecule has 0 aliphatic carbocycles. The molecule has 27 heavy (non-hydrogen) atoms. The third-order valence-corrected chi connectivity index (χ3v) is 4.78. The van der Waals surface area contributed by atoms with Crippen LogP contribution in [0.4, 0.5) is 5.69 Å². The normalized spacial score (nSPS) is 10.6. The fourth-order valence-electron chi connectivity index (χ4n) is 3.13. The van der Waals surface area contributed by atoms with Gasteiger partial charge in [-0.3, -0.25) is 9.59 Å². The summed E-state index contributed by atoms with van der Waals surface area (Å²) in [6, 6.07) is 16.5. The molecule has 136 valence electrons. The predicted octanol–water partition coefficient (Wildman–Crippen LogP) is 5.16. The molecule has 0 aliphatic rings. The number of aliphatic hydroxyl groups is 1. The largest absolute Gasteiger partial charge is 0.508 e. The van der Waals surface area contributed by atoms with Crippen molar-refractivity contribution in [1.82, 2.24) is 0 Å². The Hall–Kier alpha value is -3.40. The van der Waals surface area contributed by atoms with Gasteiger partial charge in [-0.2, -0.15) is 0 Å². The summed E-state index contributed by atoms with van der Waals surface area (Å²) in [5, 5.41) is 11.8. The number of amides is 1. The van der Waals surface area contributed by atoms with E-state index in [1.807, 2.05) is 43.3 Å². The van der Waals surface area contributed by atoms with Crippen molar-refractivity contribution in [2.24, 2.45) is 0 Å². The van der Waals surface area contributed by atoms with Crippen molar-refractivity contribution in [3.05, 3.63) is 83.4 Å². The highest BCUT2D eigenvalue weighted by molar-refractivity contribution is 6.10. The molecule has 0 unspecified atom stereocenters. The van der Waals surface area contributed by atoms with Crippen LogP contribution in [0.15, 0.2) is 61.2 Å². The zero-order chi connectivity index (χ0) is 19.7. The lowest BCUT2D eigenvalue weighted by Gasteiger charge is -2.21. The van der Waals surface area contributed by atoms with Crippen LogP contribution >= 0.6 is 0 Å². The summed E-state index contributed by atoms with van der Waals surface area (Å²) in [5.74, 6) is -0.488. The molecule has 0 heterocycles. The molecule has 4 nitrogen and oxygen atoms in total. The molecule has 4 heteroatoms. The minimum Gasteiger partial charge on any atom is -0.508 e. The van der Waals surface area contributed by atoms with Crippen LogP contribution in [-0.2, 0) is 0 Å². The summed E-state index contributed by atoms with van der Waals surface area (Å²) in [6.45, 7) is 6.89. The van der Waals surface area contributed by atoms with E-state index in [4.69, 9.17) is 0 Å². The average molecular weight is 359 g/mol. The van der Waals surface area contributed by atoms with Gasteiger partial charge < -0.3 is 10.0 Å². The van der Waals surface area contributed by atoms with Crippen LogP contribution in [0.2, 0.25) is 0 Å². The molecule has 0 saturated heterocycles. The van der Waals surface area contributed by atoms with Crippen molar-refractivity contribution in [2.45, 2.75) is 13.8 Å². The maximum Gasteiger partial charge on any atom is 0.258 e. The van der Waals surface area contributed by atoms with Crippen molar-refractivity contribution < 1.29 is 14.7 Å². The molecule has 0 saturated carbocycles. The lowest BCUT2D eigenvalue weighted by molar-refractivity contribution is 0.0988. The molecule has 0 aliphatic heterocycles. The lowest BCUT2D eigenvalue weighted by Crippen LogP contribution is -2.27. The predicted molar refractivity (Wildman–Crippen MR) is 110 cm³/mol. The van der Waals surface area contributed by atoms with Gasteiger partial charge in [0.15, 0.2) is 5.78 Å². The smallest absolute Gasteiger partial charge is 0.258 e. The number of anilines is 1. The number of hydrogen-bond acceptors (Lipinski definition) is 3. The second kappa shape index (κ2) is 7.08. The lowest BCUT2D eigenvalue weighted by atomic mass is 9.99. The molecule has 3 aromatic rings. The topological polar surface area (TPSA) is 57.6 Å². The number of carbonyl (C=O) groups excluding carboxylic acids is 2. The van der Waals surface area contributed by atoms with E-state index in [1.165, 1.54) is 11.8 Å². The summed E-state index contributed by atoms with van der Waals surface area (Å²) in [6.07, 6.45) is 0. The van der Waals surface area contributed by atoms with E-state index in [1.54, 1.807) is 25.2 Å². The summed E-state index contributed by atoms with van der Waals surface area (Å²) in [5.41, 5.74) is 2.83. The third kappa shape index (κ3) is 3.47. The first-order valence-electron chi connectivity index (χ1n) is 8.60. The van der Waals surface area contributed by atoms with Crippen LogP contribution in [0.1, 0.15) is 38.8 Å². The molecule has 0 spiro atoms. The van der Waals surface area contributed by atoms with Gasteiger partial charge in [-0.15, -0.1) is 0 Å². The van der Waals surface area contributed by atoms with Gasteiger partial charge in [-0.1, -0.05) is 36.9 Å². The summed E-state index contributed by atoms with van der Waals surface area (Å²) in [4.78, 5) is 26.4. The molecule has 1 N–H and O–H groups in total. The Morgan fingerprint density at radius 2 is 1.67 bits per heavy atom. The Morgan fingerprint density at radius 1 is 1.00 bits per heavy atom. The molecular weight excluding hydrogens is 338 g/mol. The highest BCUT2D eigenvalue weighted by Gasteiger charge is 2.19. The summed E-state index contributed by atoms with van der Waals surface area (Å²) in [7, 11) is 1.65. The molecule has 0 aromatic heterocycles. The molecule has 0 atom stereocenters. The number of nitrogens with zero attached hydrogens (tertiary/aromatic N) is 1. The highest BCUT2D eigenvalue weighted by Crippen LogP contribution is 2.26. The minimum absolute atomic E-state index is 0.151. The fraction of sp³-hybridized carbons (Fsp3) is 0.130. The fourth-order valence-corrected chi connectivity index (χ4v) is 3.13. The van der Waals surface area contributed by atoms with Gasteiger partial charge in [0.25, 0.3) is 5.91 Å². The standard InChI is InChI=1S/C23H21NO3/c1-14-21-8-6-5-7-17(21)9-10-22(14)23(27)24(4)20-12-18(15(2)25)11-19(13-20)16(3)26/h5-13,25H,2H2,1,3-4H3. The van der Waals surface area contributed by atoms with Crippen LogP contribution in [0.5, 0.6) is 0 Å². The summed E-state index contributed by atoms with van der Waals surface area (Å²) >= 11 is 0. The van der Waals surface area contributed by atoms with Crippen LogP contribution in [-0.4, -0.2) is 23.8 Å². The van der Waals surface area contributed by atoms with E-state index in [-0.39, 0.29) is 17.4 Å². The van der Waals surface area contributed by atoms with E-state index in [0.717, 1.165) is 16.3 Å². The molecule has 3 aromatic carbocycles. The zero-order valence-corrected chi connectivity index (χ0v) is 15.6. The van der Waals surface area contributed by atoms with Crippen LogP contribution in [0, 0.1) is 6.92 Å². The van der Waals surface area contributed by atoms with Gasteiger partial charge >= 0.3 is 0 Å². The van der Waals surface area contributed by atoms with Gasteiger partial charge in [0.2, 0.25) is 0 Å². The van der Waals surface area contributed by atoms with E-state index < -0.39 is 0 Å². The molecule has 0 radical (unpaired) electrons. The Bertz CT molecular complexity index is 1050. The Morgan fingerprint density at radius 3 is 2.33 bits per heavy atom. The Labute approximate surface area is 158 Å². The van der Waals surface area contributed by atoms with Gasteiger partial charge in [-0.25, -0.2) is 0 Å². The summed E-state index contributed by atoms with van der Waals surface area (Å²) < 4.78 is 0. The van der Waals surface area contributed by atoms with Gasteiger partial charge in [-0.05, 0) is 54.4 Å². The highest BCUT2D eigenvalue weighted by atomic mass is 16.3. The number of hydrogen-bond donors (Lipinski definition) is 1. The average Bonchev–Trinajstić information content (AvgIpc) is 2.67. The Balaban J connectivity index is 2.07. The molecule has 0 bridgehead atoms. The number of rotatable bonds is 4. The number of benzene rings is 3. The van der Waals surface area contributed by atoms with Crippen molar-refractivity contribution in [1.29, 1.82) is 0 Å². The van der Waals surface area contributed by atoms with Crippen molar-refractivity contribution >= 4 is 33.9 Å².